The van der Waals surface area contributed by atoms with Crippen LogP contribution in [0.15, 0.2) is 47.9 Å². The van der Waals surface area contributed by atoms with Crippen molar-refractivity contribution in [3.63, 3.8) is 0 Å². The summed E-state index contributed by atoms with van der Waals surface area (Å²) in [7, 11) is 2.48. The average molecular weight is 385 g/mol. The zero-order valence-electron chi connectivity index (χ0n) is 15.7. The molecule has 0 bridgehead atoms. The molecule has 28 heavy (non-hydrogen) atoms. The van der Waals surface area contributed by atoms with Crippen molar-refractivity contribution in [2.24, 2.45) is 0 Å². The summed E-state index contributed by atoms with van der Waals surface area (Å²) in [5.41, 5.74) is 1.43. The van der Waals surface area contributed by atoms with Gasteiger partial charge < -0.3 is 23.8 Å². The molecule has 9 nitrogen and oxygen atoms in total. The second-order valence-electron chi connectivity index (χ2n) is 5.81. The average Bonchev–Trinajstić information content (AvgIpc) is 2.72. The van der Waals surface area contributed by atoms with Gasteiger partial charge in [0, 0.05) is 18.0 Å². The van der Waals surface area contributed by atoms with E-state index in [0.29, 0.717) is 17.3 Å². The molecule has 9 heteroatoms. The van der Waals surface area contributed by atoms with Gasteiger partial charge in [-0.25, -0.2) is 14.6 Å². The van der Waals surface area contributed by atoms with Crippen LogP contribution in [0.2, 0.25) is 0 Å². The molecule has 0 unspecified atom stereocenters. The number of aryl methyl sites for hydroxylation is 1. The number of carbonyl (C=O) groups is 2. The largest absolute Gasteiger partial charge is 0.466 e. The lowest BCUT2D eigenvalue weighted by molar-refractivity contribution is -0.140. The van der Waals surface area contributed by atoms with Gasteiger partial charge in [-0.15, -0.1) is 0 Å². The lowest BCUT2D eigenvalue weighted by Crippen LogP contribution is -2.38. The van der Waals surface area contributed by atoms with E-state index in [1.807, 2.05) is 6.92 Å². The van der Waals surface area contributed by atoms with Gasteiger partial charge in [0.2, 0.25) is 5.88 Å². The number of hydrogen-bond acceptors (Lipinski definition) is 9. The molecule has 0 atom stereocenters. The molecule has 0 spiro atoms. The molecule has 0 amide bonds. The van der Waals surface area contributed by atoms with Crippen molar-refractivity contribution in [3.8, 4) is 11.6 Å². The van der Waals surface area contributed by atoms with Crippen LogP contribution in [-0.2, 0) is 23.8 Å². The Labute approximate surface area is 161 Å². The molecule has 3 rings (SSSR count). The Hall–Kier alpha value is -3.46. The monoisotopic (exact) mass is 385 g/mol. The first-order valence-corrected chi connectivity index (χ1v) is 8.35. The van der Waals surface area contributed by atoms with E-state index in [9.17, 15) is 9.59 Å². The Morgan fingerprint density at radius 3 is 2.64 bits per heavy atom. The summed E-state index contributed by atoms with van der Waals surface area (Å²) in [4.78, 5) is 34.3. The SMILES string of the molecule is COC(=O)C1=C(C(=O)OC)N(c2cccc(Oc3cncc(C)n3)c2)COC1. The third-order valence-corrected chi connectivity index (χ3v) is 3.92. The van der Waals surface area contributed by atoms with Crippen LogP contribution in [0.4, 0.5) is 5.69 Å². The fourth-order valence-electron chi connectivity index (χ4n) is 2.67. The van der Waals surface area contributed by atoms with E-state index in [-0.39, 0.29) is 24.6 Å². The molecule has 2 heterocycles. The predicted molar refractivity (Wildman–Crippen MR) is 97.6 cm³/mol. The maximum absolute atomic E-state index is 12.4. The van der Waals surface area contributed by atoms with Crippen LogP contribution in [-0.4, -0.2) is 49.5 Å². The molecule has 0 N–H and O–H groups in total. The Bertz CT molecular complexity index is 927. The smallest absolute Gasteiger partial charge is 0.355 e. The van der Waals surface area contributed by atoms with Gasteiger partial charge in [0.05, 0.1) is 38.3 Å². The standard InChI is InChI=1S/C19H19N3O6/c1-12-8-20-9-16(21-12)28-14-6-4-5-13(7-14)22-11-27-10-15(18(23)25-2)17(22)19(24)26-3/h4-9H,10-11H2,1-3H3. The van der Waals surface area contributed by atoms with Gasteiger partial charge in [-0.3, -0.25) is 4.98 Å². The van der Waals surface area contributed by atoms with Gasteiger partial charge >= 0.3 is 11.9 Å². The number of nitrogens with zero attached hydrogens (tertiary/aromatic N) is 3. The second-order valence-corrected chi connectivity index (χ2v) is 5.81. The number of ether oxygens (including phenoxy) is 4. The van der Waals surface area contributed by atoms with Crippen LogP contribution in [0.1, 0.15) is 5.69 Å². The molecule has 146 valence electrons. The molecule has 1 aliphatic heterocycles. The van der Waals surface area contributed by atoms with E-state index < -0.39 is 11.9 Å². The highest BCUT2D eigenvalue weighted by Gasteiger charge is 2.32. The van der Waals surface area contributed by atoms with Crippen LogP contribution in [0.25, 0.3) is 0 Å². The summed E-state index contributed by atoms with van der Waals surface area (Å²) in [6.45, 7) is 1.81. The van der Waals surface area contributed by atoms with Gasteiger partial charge in [-0.2, -0.15) is 0 Å². The Kier molecular flexibility index (Phi) is 5.85. The molecule has 1 aliphatic rings. The van der Waals surface area contributed by atoms with Crippen LogP contribution in [0.3, 0.4) is 0 Å². The number of carbonyl (C=O) groups excluding carboxylic acids is 2. The van der Waals surface area contributed by atoms with E-state index in [2.05, 4.69) is 9.97 Å². The molecule has 0 fully saturated rings. The number of benzene rings is 1. The fourth-order valence-corrected chi connectivity index (χ4v) is 2.67. The van der Waals surface area contributed by atoms with Crippen LogP contribution in [0, 0.1) is 6.92 Å². The number of aromatic nitrogens is 2. The normalized spacial score (nSPS) is 13.9. The third kappa shape index (κ3) is 4.09. The zero-order valence-corrected chi connectivity index (χ0v) is 15.7. The number of esters is 2. The number of methoxy groups -OCH3 is 2. The minimum absolute atomic E-state index is 0.0529. The van der Waals surface area contributed by atoms with E-state index in [4.69, 9.17) is 18.9 Å². The molecule has 1 aromatic carbocycles. The predicted octanol–water partition coefficient (Wildman–Crippen LogP) is 1.97. The van der Waals surface area contributed by atoms with E-state index in [0.717, 1.165) is 5.69 Å². The van der Waals surface area contributed by atoms with Gasteiger partial charge in [-0.1, -0.05) is 6.07 Å². The Morgan fingerprint density at radius 1 is 1.14 bits per heavy atom. The van der Waals surface area contributed by atoms with Crippen LogP contribution < -0.4 is 9.64 Å². The minimum atomic E-state index is -0.667. The summed E-state index contributed by atoms with van der Waals surface area (Å²) in [5.74, 6) is -0.509. The lowest BCUT2D eigenvalue weighted by Gasteiger charge is -2.31. The van der Waals surface area contributed by atoms with Crippen LogP contribution >= 0.6 is 0 Å². The molecule has 0 radical (unpaired) electrons. The molecule has 1 aromatic heterocycles. The van der Waals surface area contributed by atoms with Gasteiger partial charge in [0.15, 0.2) is 0 Å². The highest BCUT2D eigenvalue weighted by Crippen LogP contribution is 2.30. The highest BCUT2D eigenvalue weighted by atomic mass is 16.5. The first kappa shape index (κ1) is 19.3. The van der Waals surface area contributed by atoms with Gasteiger partial charge in [-0.05, 0) is 19.1 Å². The van der Waals surface area contributed by atoms with Crippen molar-refractivity contribution in [2.75, 3.05) is 32.5 Å². The molecular weight excluding hydrogens is 366 g/mol. The second kappa shape index (κ2) is 8.49. The maximum atomic E-state index is 12.4. The van der Waals surface area contributed by atoms with E-state index in [1.54, 1.807) is 30.5 Å². The first-order chi connectivity index (χ1) is 13.5. The molecule has 0 saturated heterocycles. The van der Waals surface area contributed by atoms with Crippen molar-refractivity contribution in [1.82, 2.24) is 9.97 Å². The topological polar surface area (TPSA) is 100 Å². The summed E-state index contributed by atoms with van der Waals surface area (Å²) < 4.78 is 20.8. The summed E-state index contributed by atoms with van der Waals surface area (Å²) in [5, 5.41) is 0. The van der Waals surface area contributed by atoms with Crippen molar-refractivity contribution in [2.45, 2.75) is 6.92 Å². The molecule has 0 aliphatic carbocycles. The zero-order chi connectivity index (χ0) is 20.1. The molecule has 0 saturated carbocycles. The number of anilines is 1. The Balaban J connectivity index is 1.97. The van der Waals surface area contributed by atoms with Crippen LogP contribution in [0.5, 0.6) is 11.6 Å². The summed E-state index contributed by atoms with van der Waals surface area (Å²) in [6, 6.07) is 6.92. The van der Waals surface area contributed by atoms with Gasteiger partial charge in [0.25, 0.3) is 0 Å². The molecular formula is C19H19N3O6. The quantitative estimate of drug-likeness (QED) is 0.715. The Morgan fingerprint density at radius 2 is 1.93 bits per heavy atom. The van der Waals surface area contributed by atoms with E-state index in [1.165, 1.54) is 25.3 Å². The highest BCUT2D eigenvalue weighted by molar-refractivity contribution is 6.03. The fraction of sp³-hybridized carbons (Fsp3) is 0.263. The summed E-state index contributed by atoms with van der Waals surface area (Å²) in [6.07, 6.45) is 3.12. The van der Waals surface area contributed by atoms with Crippen molar-refractivity contribution in [3.05, 3.63) is 53.6 Å². The number of hydrogen-bond donors (Lipinski definition) is 0. The first-order valence-electron chi connectivity index (χ1n) is 8.35. The lowest BCUT2D eigenvalue weighted by atomic mass is 10.1. The minimum Gasteiger partial charge on any atom is -0.466 e. The number of rotatable bonds is 5. The van der Waals surface area contributed by atoms with Crippen molar-refractivity contribution < 1.29 is 28.5 Å². The van der Waals surface area contributed by atoms with Gasteiger partial charge in [0.1, 0.15) is 18.2 Å². The van der Waals surface area contributed by atoms with E-state index >= 15 is 0 Å². The molecule has 2 aromatic rings. The van der Waals surface area contributed by atoms with Crippen molar-refractivity contribution >= 4 is 17.6 Å². The third-order valence-electron chi connectivity index (χ3n) is 3.92. The maximum Gasteiger partial charge on any atom is 0.355 e. The van der Waals surface area contributed by atoms with Crippen molar-refractivity contribution in [1.29, 1.82) is 0 Å². The summed E-state index contributed by atoms with van der Waals surface area (Å²) >= 11 is 0.